The highest BCUT2D eigenvalue weighted by Gasteiger charge is 2.19. The lowest BCUT2D eigenvalue weighted by Crippen LogP contribution is -2.27. The summed E-state index contributed by atoms with van der Waals surface area (Å²) in [5.41, 5.74) is 1.24. The summed E-state index contributed by atoms with van der Waals surface area (Å²) < 4.78 is 17.8. The number of halogens is 1. The third-order valence-electron chi connectivity index (χ3n) is 3.04. The van der Waals surface area contributed by atoms with Gasteiger partial charge in [0.1, 0.15) is 5.82 Å². The van der Waals surface area contributed by atoms with Gasteiger partial charge in [-0.2, -0.15) is 0 Å². The Morgan fingerprint density at radius 2 is 1.82 bits per heavy atom. The minimum absolute atomic E-state index is 0.0633. The van der Waals surface area contributed by atoms with Crippen LogP contribution in [0.15, 0.2) is 24.3 Å². The first-order valence-electron chi connectivity index (χ1n) is 6.02. The van der Waals surface area contributed by atoms with Crippen LogP contribution in [0.25, 0.3) is 0 Å². The van der Waals surface area contributed by atoms with Crippen molar-refractivity contribution in [2.75, 3.05) is 26.8 Å². The molecule has 0 aromatic heterocycles. The molecule has 0 radical (unpaired) electrons. The van der Waals surface area contributed by atoms with E-state index in [2.05, 4.69) is 19.2 Å². The molecule has 1 aromatic carbocycles. The summed E-state index contributed by atoms with van der Waals surface area (Å²) in [6.07, 6.45) is 1.02. The maximum atomic E-state index is 12.8. The number of ether oxygens (including phenoxy) is 1. The molecule has 0 amide bonds. The Hall–Kier alpha value is -0.930. The first-order chi connectivity index (χ1) is 8.06. The van der Waals surface area contributed by atoms with E-state index in [0.717, 1.165) is 26.1 Å². The molecule has 3 heteroatoms. The Balaban J connectivity index is 2.42. The second kappa shape index (κ2) is 6.72. The monoisotopic (exact) mass is 239 g/mol. The lowest BCUT2D eigenvalue weighted by atomic mass is 9.81. The number of hydrogen-bond acceptors (Lipinski definition) is 2. The molecule has 0 aliphatic heterocycles. The van der Waals surface area contributed by atoms with E-state index in [-0.39, 0.29) is 11.2 Å². The van der Waals surface area contributed by atoms with Gasteiger partial charge in [-0.1, -0.05) is 26.0 Å². The third kappa shape index (κ3) is 4.84. The molecule has 0 aliphatic rings. The number of hydrogen-bond donors (Lipinski definition) is 1. The summed E-state index contributed by atoms with van der Waals surface area (Å²) >= 11 is 0. The molecule has 0 unspecified atom stereocenters. The molecule has 0 bridgehead atoms. The second-order valence-corrected chi connectivity index (χ2v) is 4.88. The minimum Gasteiger partial charge on any atom is -0.383 e. The highest BCUT2D eigenvalue weighted by Crippen LogP contribution is 2.26. The van der Waals surface area contributed by atoms with Crippen molar-refractivity contribution in [3.8, 4) is 0 Å². The van der Waals surface area contributed by atoms with Gasteiger partial charge in [0, 0.05) is 13.7 Å². The van der Waals surface area contributed by atoms with Crippen molar-refractivity contribution in [2.24, 2.45) is 0 Å². The van der Waals surface area contributed by atoms with Gasteiger partial charge in [-0.05, 0) is 36.1 Å². The van der Waals surface area contributed by atoms with Crippen molar-refractivity contribution in [2.45, 2.75) is 25.7 Å². The summed E-state index contributed by atoms with van der Waals surface area (Å²) in [4.78, 5) is 0. The largest absolute Gasteiger partial charge is 0.383 e. The van der Waals surface area contributed by atoms with Crippen molar-refractivity contribution < 1.29 is 9.13 Å². The Morgan fingerprint density at radius 3 is 2.41 bits per heavy atom. The Labute approximate surface area is 103 Å². The molecular weight excluding hydrogens is 217 g/mol. The van der Waals surface area contributed by atoms with Crippen LogP contribution in [0.3, 0.4) is 0 Å². The van der Waals surface area contributed by atoms with E-state index in [1.165, 1.54) is 17.7 Å². The quantitative estimate of drug-likeness (QED) is 0.739. The fourth-order valence-corrected chi connectivity index (χ4v) is 1.75. The summed E-state index contributed by atoms with van der Waals surface area (Å²) in [5, 5.41) is 3.32. The molecule has 0 aliphatic carbocycles. The maximum absolute atomic E-state index is 12.8. The van der Waals surface area contributed by atoms with Crippen LogP contribution < -0.4 is 5.32 Å². The summed E-state index contributed by atoms with van der Waals surface area (Å²) in [5.74, 6) is -0.178. The Bertz CT molecular complexity index is 321. The smallest absolute Gasteiger partial charge is 0.123 e. The van der Waals surface area contributed by atoms with Gasteiger partial charge in [0.05, 0.1) is 6.61 Å². The van der Waals surface area contributed by atoms with E-state index < -0.39 is 0 Å². The van der Waals surface area contributed by atoms with Crippen LogP contribution in [0, 0.1) is 5.82 Å². The van der Waals surface area contributed by atoms with E-state index in [0.29, 0.717) is 0 Å². The number of methoxy groups -OCH3 is 1. The third-order valence-corrected chi connectivity index (χ3v) is 3.04. The first-order valence-corrected chi connectivity index (χ1v) is 6.02. The van der Waals surface area contributed by atoms with Crippen LogP contribution in [-0.4, -0.2) is 26.8 Å². The number of rotatable bonds is 7. The maximum Gasteiger partial charge on any atom is 0.123 e. The van der Waals surface area contributed by atoms with Crippen LogP contribution in [0.5, 0.6) is 0 Å². The van der Waals surface area contributed by atoms with Crippen molar-refractivity contribution in [1.82, 2.24) is 5.32 Å². The van der Waals surface area contributed by atoms with E-state index in [9.17, 15) is 4.39 Å². The summed E-state index contributed by atoms with van der Waals surface area (Å²) in [6.45, 7) is 6.90. The second-order valence-electron chi connectivity index (χ2n) is 4.88. The lowest BCUT2D eigenvalue weighted by Gasteiger charge is -2.25. The Kier molecular flexibility index (Phi) is 5.59. The molecule has 0 saturated heterocycles. The predicted molar refractivity (Wildman–Crippen MR) is 68.8 cm³/mol. The van der Waals surface area contributed by atoms with Crippen LogP contribution in [0.2, 0.25) is 0 Å². The van der Waals surface area contributed by atoms with Gasteiger partial charge in [0.15, 0.2) is 0 Å². The fraction of sp³-hybridized carbons (Fsp3) is 0.571. The Morgan fingerprint density at radius 1 is 1.18 bits per heavy atom. The molecule has 0 heterocycles. The van der Waals surface area contributed by atoms with Crippen molar-refractivity contribution >= 4 is 0 Å². The molecule has 96 valence electrons. The minimum atomic E-state index is -0.178. The van der Waals surface area contributed by atoms with Gasteiger partial charge in [0.2, 0.25) is 0 Å². The highest BCUT2D eigenvalue weighted by atomic mass is 19.1. The van der Waals surface area contributed by atoms with E-state index in [4.69, 9.17) is 4.74 Å². The van der Waals surface area contributed by atoms with Crippen LogP contribution in [0.1, 0.15) is 25.8 Å². The summed E-state index contributed by atoms with van der Waals surface area (Å²) in [6, 6.07) is 6.78. The SMILES string of the molecule is COCCNCCC(C)(C)c1ccc(F)cc1. The lowest BCUT2D eigenvalue weighted by molar-refractivity contribution is 0.198. The van der Waals surface area contributed by atoms with Gasteiger partial charge in [-0.3, -0.25) is 0 Å². The van der Waals surface area contributed by atoms with Crippen molar-refractivity contribution in [1.29, 1.82) is 0 Å². The average Bonchev–Trinajstić information content (AvgIpc) is 2.29. The predicted octanol–water partition coefficient (Wildman–Crippen LogP) is 2.73. The van der Waals surface area contributed by atoms with Crippen LogP contribution in [-0.2, 0) is 10.2 Å². The zero-order chi connectivity index (χ0) is 12.7. The molecule has 1 rings (SSSR count). The summed E-state index contributed by atoms with van der Waals surface area (Å²) in [7, 11) is 1.70. The van der Waals surface area contributed by atoms with Crippen molar-refractivity contribution in [3.05, 3.63) is 35.6 Å². The molecular formula is C14H22FNO. The van der Waals surface area contributed by atoms with E-state index >= 15 is 0 Å². The average molecular weight is 239 g/mol. The normalized spacial score (nSPS) is 11.8. The van der Waals surface area contributed by atoms with Gasteiger partial charge >= 0.3 is 0 Å². The number of benzene rings is 1. The van der Waals surface area contributed by atoms with Gasteiger partial charge < -0.3 is 10.1 Å². The zero-order valence-corrected chi connectivity index (χ0v) is 10.9. The van der Waals surface area contributed by atoms with E-state index in [1.54, 1.807) is 7.11 Å². The molecule has 17 heavy (non-hydrogen) atoms. The standard InChI is InChI=1S/C14H22FNO/c1-14(2,8-9-16-10-11-17-3)12-4-6-13(15)7-5-12/h4-7,16H,8-11H2,1-3H3. The molecule has 0 spiro atoms. The van der Waals surface area contributed by atoms with Crippen molar-refractivity contribution in [3.63, 3.8) is 0 Å². The molecule has 0 atom stereocenters. The van der Waals surface area contributed by atoms with Gasteiger partial charge in [0.25, 0.3) is 0 Å². The van der Waals surface area contributed by atoms with Gasteiger partial charge in [-0.15, -0.1) is 0 Å². The topological polar surface area (TPSA) is 21.3 Å². The zero-order valence-electron chi connectivity index (χ0n) is 10.9. The van der Waals surface area contributed by atoms with Gasteiger partial charge in [-0.25, -0.2) is 4.39 Å². The molecule has 1 N–H and O–H groups in total. The van der Waals surface area contributed by atoms with Crippen LogP contribution in [0.4, 0.5) is 4.39 Å². The van der Waals surface area contributed by atoms with E-state index in [1.807, 2.05) is 12.1 Å². The number of nitrogens with one attached hydrogen (secondary N) is 1. The highest BCUT2D eigenvalue weighted by molar-refractivity contribution is 5.24. The molecule has 0 fully saturated rings. The fourth-order valence-electron chi connectivity index (χ4n) is 1.75. The van der Waals surface area contributed by atoms with Crippen LogP contribution >= 0.6 is 0 Å². The molecule has 2 nitrogen and oxygen atoms in total. The first kappa shape index (κ1) is 14.1. The molecule has 0 saturated carbocycles. The molecule has 1 aromatic rings.